The van der Waals surface area contributed by atoms with E-state index < -0.39 is 0 Å². The zero-order valence-electron chi connectivity index (χ0n) is 15.0. The second-order valence-electron chi connectivity index (χ2n) is 6.18. The molecule has 7 heteroatoms. The van der Waals surface area contributed by atoms with Crippen LogP contribution in [0.4, 0.5) is 0 Å². The van der Waals surface area contributed by atoms with Gasteiger partial charge in [-0.25, -0.2) is 4.68 Å². The van der Waals surface area contributed by atoms with Gasteiger partial charge in [-0.1, -0.05) is 28.1 Å². The van der Waals surface area contributed by atoms with Crippen LogP contribution in [0.1, 0.15) is 5.56 Å². The van der Waals surface area contributed by atoms with Crippen LogP contribution in [0.2, 0.25) is 0 Å². The molecule has 1 heterocycles. The van der Waals surface area contributed by atoms with Crippen LogP contribution in [0, 0.1) is 4.77 Å². The van der Waals surface area contributed by atoms with Crippen molar-refractivity contribution in [3.05, 3.63) is 63.3 Å². The molecule has 0 atom stereocenters. The van der Waals surface area contributed by atoms with E-state index >= 15 is 0 Å². The second kappa shape index (κ2) is 8.16. The maximum atomic E-state index is 5.57. The topological polar surface area (TPSA) is 35.2 Å². The lowest BCUT2D eigenvalue weighted by Gasteiger charge is -2.16. The van der Waals surface area contributed by atoms with E-state index in [9.17, 15) is 0 Å². The Hall–Kier alpha value is -1.96. The van der Waals surface area contributed by atoms with Crippen molar-refractivity contribution in [3.8, 4) is 17.1 Å². The fourth-order valence-corrected chi connectivity index (χ4v) is 3.20. The molecule has 3 rings (SSSR count). The molecule has 1 aromatic heterocycles. The summed E-state index contributed by atoms with van der Waals surface area (Å²) < 4.78 is 10.8. The van der Waals surface area contributed by atoms with Crippen molar-refractivity contribution in [2.75, 3.05) is 14.2 Å². The molecular formula is C19H21BrN4OS. The first-order chi connectivity index (χ1) is 12.5. The summed E-state index contributed by atoms with van der Waals surface area (Å²) in [7, 11) is 5.66. The Balaban J connectivity index is 1.78. The number of hydrogen-bond acceptors (Lipinski definition) is 4. The van der Waals surface area contributed by atoms with Gasteiger partial charge in [0.25, 0.3) is 0 Å². The summed E-state index contributed by atoms with van der Waals surface area (Å²) in [6, 6.07) is 16.2. The number of ether oxygens (including phenoxy) is 1. The van der Waals surface area contributed by atoms with Crippen LogP contribution in [0.3, 0.4) is 0 Å². The fraction of sp³-hybridized carbons (Fsp3) is 0.263. The Morgan fingerprint density at radius 3 is 2.38 bits per heavy atom. The summed E-state index contributed by atoms with van der Waals surface area (Å²) in [5, 5.41) is 4.72. The molecule has 5 nitrogen and oxygen atoms in total. The summed E-state index contributed by atoms with van der Waals surface area (Å²) in [5.41, 5.74) is 2.25. The van der Waals surface area contributed by atoms with Crippen LogP contribution in [0.15, 0.2) is 53.0 Å². The normalized spacial score (nSPS) is 11.1. The quantitative estimate of drug-likeness (QED) is 0.537. The molecule has 0 saturated heterocycles. The molecule has 0 aliphatic carbocycles. The lowest BCUT2D eigenvalue weighted by atomic mass is 10.2. The standard InChI is InChI=1S/C19H21BrN4OS/c1-22(12-14-4-8-16(20)9-5-14)13-24-19(26)23(2)18(21-24)15-6-10-17(25-3)11-7-15/h4-11H,12-13H2,1-3H3. The van der Waals surface area contributed by atoms with E-state index in [1.165, 1.54) is 5.56 Å². The van der Waals surface area contributed by atoms with Crippen LogP contribution >= 0.6 is 28.1 Å². The van der Waals surface area contributed by atoms with E-state index in [0.29, 0.717) is 11.4 Å². The van der Waals surface area contributed by atoms with Crippen LogP contribution < -0.4 is 4.74 Å². The number of rotatable bonds is 6. The van der Waals surface area contributed by atoms with E-state index in [0.717, 1.165) is 28.2 Å². The smallest absolute Gasteiger partial charge is 0.199 e. The average molecular weight is 433 g/mol. The Kier molecular flexibility index (Phi) is 5.90. The largest absolute Gasteiger partial charge is 0.497 e. The van der Waals surface area contributed by atoms with E-state index in [4.69, 9.17) is 22.1 Å². The van der Waals surface area contributed by atoms with Crippen LogP contribution in [0.5, 0.6) is 5.75 Å². The number of hydrogen-bond donors (Lipinski definition) is 0. The molecule has 0 fully saturated rings. The molecule has 26 heavy (non-hydrogen) atoms. The summed E-state index contributed by atoms with van der Waals surface area (Å²) in [6.07, 6.45) is 0. The molecule has 0 unspecified atom stereocenters. The molecule has 0 radical (unpaired) electrons. The summed E-state index contributed by atoms with van der Waals surface area (Å²) in [5.74, 6) is 1.67. The SMILES string of the molecule is COc1ccc(-c2nn(CN(C)Cc3ccc(Br)cc3)c(=S)n2C)cc1. The van der Waals surface area contributed by atoms with Crippen molar-refractivity contribution in [3.63, 3.8) is 0 Å². The van der Waals surface area contributed by atoms with Gasteiger partial charge in [-0.2, -0.15) is 5.10 Å². The first kappa shape index (κ1) is 18.8. The minimum absolute atomic E-state index is 0.624. The molecule has 0 bridgehead atoms. The number of methoxy groups -OCH3 is 1. The van der Waals surface area contributed by atoms with Crippen molar-refractivity contribution in [2.45, 2.75) is 13.2 Å². The molecule has 0 aliphatic heterocycles. The number of nitrogens with zero attached hydrogens (tertiary/aromatic N) is 4. The Labute approximate surface area is 167 Å². The van der Waals surface area contributed by atoms with Crippen molar-refractivity contribution in [2.24, 2.45) is 7.05 Å². The summed E-state index contributed by atoms with van der Waals surface area (Å²) in [6.45, 7) is 1.45. The van der Waals surface area contributed by atoms with Crippen molar-refractivity contribution < 1.29 is 4.74 Å². The summed E-state index contributed by atoms with van der Waals surface area (Å²) in [4.78, 5) is 2.18. The van der Waals surface area contributed by atoms with Crippen molar-refractivity contribution >= 4 is 28.1 Å². The maximum absolute atomic E-state index is 5.57. The van der Waals surface area contributed by atoms with Gasteiger partial charge in [-0.05, 0) is 61.2 Å². The molecule has 3 aromatic rings. The van der Waals surface area contributed by atoms with Gasteiger partial charge in [0.2, 0.25) is 0 Å². The highest BCUT2D eigenvalue weighted by Crippen LogP contribution is 2.21. The summed E-state index contributed by atoms with van der Waals surface area (Å²) >= 11 is 9.03. The van der Waals surface area contributed by atoms with Gasteiger partial charge >= 0.3 is 0 Å². The molecule has 0 aliphatic rings. The average Bonchev–Trinajstić information content (AvgIpc) is 2.92. The first-order valence-electron chi connectivity index (χ1n) is 8.19. The molecule has 136 valence electrons. The minimum atomic E-state index is 0.624. The van der Waals surface area contributed by atoms with E-state index in [1.54, 1.807) is 7.11 Å². The number of halogens is 1. The minimum Gasteiger partial charge on any atom is -0.497 e. The fourth-order valence-electron chi connectivity index (χ4n) is 2.75. The maximum Gasteiger partial charge on any atom is 0.199 e. The Morgan fingerprint density at radius 1 is 1.12 bits per heavy atom. The van der Waals surface area contributed by atoms with Gasteiger partial charge in [0, 0.05) is 23.6 Å². The van der Waals surface area contributed by atoms with E-state index in [-0.39, 0.29) is 0 Å². The molecular weight excluding hydrogens is 412 g/mol. The van der Waals surface area contributed by atoms with Crippen molar-refractivity contribution in [1.29, 1.82) is 0 Å². The van der Waals surface area contributed by atoms with Gasteiger partial charge < -0.3 is 9.30 Å². The lowest BCUT2D eigenvalue weighted by Crippen LogP contribution is -2.22. The van der Waals surface area contributed by atoms with Crippen LogP contribution in [0.25, 0.3) is 11.4 Å². The molecule has 0 spiro atoms. The third-order valence-electron chi connectivity index (χ3n) is 4.13. The second-order valence-corrected chi connectivity index (χ2v) is 7.46. The molecule has 0 saturated carbocycles. The highest BCUT2D eigenvalue weighted by atomic mass is 79.9. The third kappa shape index (κ3) is 4.23. The van der Waals surface area contributed by atoms with Crippen LogP contribution in [-0.2, 0) is 20.3 Å². The van der Waals surface area contributed by atoms with Gasteiger partial charge in [0.05, 0.1) is 13.8 Å². The van der Waals surface area contributed by atoms with Gasteiger partial charge in [0.1, 0.15) is 5.75 Å². The predicted octanol–water partition coefficient (Wildman–Crippen LogP) is 4.48. The Morgan fingerprint density at radius 2 is 1.77 bits per heavy atom. The zero-order chi connectivity index (χ0) is 18.7. The van der Waals surface area contributed by atoms with Gasteiger partial charge in [0.15, 0.2) is 10.6 Å². The van der Waals surface area contributed by atoms with E-state index in [2.05, 4.69) is 52.1 Å². The predicted molar refractivity (Wildman–Crippen MR) is 110 cm³/mol. The van der Waals surface area contributed by atoms with E-state index in [1.807, 2.05) is 40.6 Å². The number of aromatic nitrogens is 3. The monoisotopic (exact) mass is 432 g/mol. The zero-order valence-corrected chi connectivity index (χ0v) is 17.4. The highest BCUT2D eigenvalue weighted by Gasteiger charge is 2.11. The van der Waals surface area contributed by atoms with Crippen molar-refractivity contribution in [1.82, 2.24) is 19.2 Å². The molecule has 0 N–H and O–H groups in total. The van der Waals surface area contributed by atoms with Crippen LogP contribution in [-0.4, -0.2) is 33.4 Å². The molecule has 2 aromatic carbocycles. The number of benzene rings is 2. The lowest BCUT2D eigenvalue weighted by molar-refractivity contribution is 0.244. The molecule has 0 amide bonds. The Bertz CT molecular complexity index is 932. The highest BCUT2D eigenvalue weighted by molar-refractivity contribution is 9.10. The van der Waals surface area contributed by atoms with Gasteiger partial charge in [-0.15, -0.1) is 0 Å². The van der Waals surface area contributed by atoms with Gasteiger partial charge in [-0.3, -0.25) is 4.90 Å². The third-order valence-corrected chi connectivity index (χ3v) is 5.14. The first-order valence-corrected chi connectivity index (χ1v) is 9.39.